The van der Waals surface area contributed by atoms with Crippen LogP contribution in [0.1, 0.15) is 19.5 Å². The van der Waals surface area contributed by atoms with E-state index in [2.05, 4.69) is 74.7 Å². The molecule has 2 nitrogen and oxygen atoms in total. The molecule has 0 saturated heterocycles. The summed E-state index contributed by atoms with van der Waals surface area (Å²) < 4.78 is 2.09. The van der Waals surface area contributed by atoms with Crippen molar-refractivity contribution in [1.82, 2.24) is 9.78 Å². The highest BCUT2D eigenvalue weighted by atomic mass is 79.9. The Morgan fingerprint density at radius 2 is 1.89 bits per heavy atom. The predicted octanol–water partition coefficient (Wildman–Crippen LogP) is 4.39. The van der Waals surface area contributed by atoms with Crippen LogP contribution in [0.4, 0.5) is 0 Å². The molecule has 4 heteroatoms. The first-order chi connectivity index (χ1) is 8.63. The van der Waals surface area contributed by atoms with Gasteiger partial charge in [-0.2, -0.15) is 5.10 Å². The van der Waals surface area contributed by atoms with Gasteiger partial charge in [0.1, 0.15) is 0 Å². The average molecular weight is 374 g/mol. The van der Waals surface area contributed by atoms with E-state index in [9.17, 15) is 0 Å². The molecule has 0 amide bonds. The molecule has 98 valence electrons. The highest BCUT2D eigenvalue weighted by Crippen LogP contribution is 2.30. The lowest BCUT2D eigenvalue weighted by molar-refractivity contribution is 0.431. The maximum absolute atomic E-state index is 4.76. The Morgan fingerprint density at radius 1 is 1.22 bits per heavy atom. The van der Waals surface area contributed by atoms with E-state index >= 15 is 0 Å². The minimum absolute atomic E-state index is 0.204. The van der Waals surface area contributed by atoms with Crippen LogP contribution >= 0.6 is 31.9 Å². The van der Waals surface area contributed by atoms with Gasteiger partial charge in [0, 0.05) is 22.6 Å². The van der Waals surface area contributed by atoms with E-state index in [1.165, 1.54) is 16.6 Å². The highest BCUT2D eigenvalue weighted by molar-refractivity contribution is 9.09. The summed E-state index contributed by atoms with van der Waals surface area (Å²) in [5.41, 5.74) is 2.64. The van der Waals surface area contributed by atoms with Gasteiger partial charge in [0.25, 0.3) is 0 Å². The lowest BCUT2D eigenvalue weighted by Gasteiger charge is -2.23. The molecule has 0 radical (unpaired) electrons. The Balaban J connectivity index is 2.45. The summed E-state index contributed by atoms with van der Waals surface area (Å²) in [4.78, 5) is 0. The molecule has 0 atom stereocenters. The fourth-order valence-electron chi connectivity index (χ4n) is 2.10. The molecule has 1 heterocycles. The number of fused-ring (bicyclic) bond motifs is 1. The van der Waals surface area contributed by atoms with E-state index in [4.69, 9.17) is 5.10 Å². The third-order valence-corrected chi connectivity index (χ3v) is 5.98. The van der Waals surface area contributed by atoms with Crippen molar-refractivity contribution < 1.29 is 0 Å². The summed E-state index contributed by atoms with van der Waals surface area (Å²) in [6.45, 7) is 5.33. The monoisotopic (exact) mass is 372 g/mol. The molecule has 18 heavy (non-hydrogen) atoms. The molecule has 2 aromatic rings. The second-order valence-electron chi connectivity index (χ2n) is 5.03. The number of hydrogen-bond acceptors (Lipinski definition) is 1. The Labute approximate surface area is 125 Å². The van der Waals surface area contributed by atoms with E-state index in [0.29, 0.717) is 0 Å². The molecule has 1 aromatic heterocycles. The number of nitrogens with zero attached hydrogens (tertiary/aromatic N) is 2. The number of hydrogen-bond donors (Lipinski definition) is 0. The van der Waals surface area contributed by atoms with Crippen molar-refractivity contribution in [2.24, 2.45) is 5.41 Å². The molecule has 0 aliphatic rings. The second kappa shape index (κ2) is 5.74. The average Bonchev–Trinajstić information content (AvgIpc) is 2.77. The quantitative estimate of drug-likeness (QED) is 0.710. The second-order valence-corrected chi connectivity index (χ2v) is 6.16. The Bertz CT molecular complexity index is 530. The predicted molar refractivity (Wildman–Crippen MR) is 84.8 cm³/mol. The van der Waals surface area contributed by atoms with Crippen LogP contribution < -0.4 is 0 Å². The molecular weight excluding hydrogens is 356 g/mol. The normalized spacial score (nSPS) is 12.2. The Morgan fingerprint density at radius 3 is 2.50 bits per heavy atom. The van der Waals surface area contributed by atoms with Crippen LogP contribution in [-0.2, 0) is 13.0 Å². The third kappa shape index (κ3) is 2.64. The van der Waals surface area contributed by atoms with Gasteiger partial charge in [0.2, 0.25) is 0 Å². The summed E-state index contributed by atoms with van der Waals surface area (Å²) >= 11 is 7.23. The number of rotatable bonds is 5. The number of para-hydroxylation sites is 1. The first-order valence-electron chi connectivity index (χ1n) is 6.20. The molecule has 2 rings (SSSR count). The first kappa shape index (κ1) is 14.1. The zero-order chi connectivity index (χ0) is 13.2. The fourth-order valence-corrected chi connectivity index (χ4v) is 3.43. The summed E-state index contributed by atoms with van der Waals surface area (Å²) in [6.07, 6.45) is 0.983. The molecule has 0 aliphatic heterocycles. The van der Waals surface area contributed by atoms with Gasteiger partial charge < -0.3 is 0 Å². The van der Waals surface area contributed by atoms with Crippen molar-refractivity contribution >= 4 is 42.8 Å². The smallest absolute Gasteiger partial charge is 0.0709 e. The molecular formula is C14H18Br2N2. The standard InChI is InChI=1S/C14H18Br2N2/c1-3-18-13-7-5-4-6-11(13)12(17-18)8-14(2,9-15)10-16/h4-7H,3,8-10H2,1-2H3. The summed E-state index contributed by atoms with van der Waals surface area (Å²) in [5.74, 6) is 0. The van der Waals surface area contributed by atoms with Gasteiger partial charge in [0.15, 0.2) is 0 Å². The largest absolute Gasteiger partial charge is 0.265 e. The number of halogens is 2. The molecule has 0 fully saturated rings. The molecule has 0 saturated carbocycles. The minimum atomic E-state index is 0.204. The number of aromatic nitrogens is 2. The SMILES string of the molecule is CCn1nc(CC(C)(CBr)CBr)c2ccccc21. The Hall–Kier alpha value is -0.350. The van der Waals surface area contributed by atoms with Gasteiger partial charge >= 0.3 is 0 Å². The number of aryl methyl sites for hydroxylation is 1. The van der Waals surface area contributed by atoms with Crippen molar-refractivity contribution in [1.29, 1.82) is 0 Å². The third-order valence-electron chi connectivity index (χ3n) is 3.27. The summed E-state index contributed by atoms with van der Waals surface area (Å²) in [7, 11) is 0. The summed E-state index contributed by atoms with van der Waals surface area (Å²) in [6, 6.07) is 8.49. The zero-order valence-corrected chi connectivity index (χ0v) is 14.0. The molecule has 0 aliphatic carbocycles. The maximum Gasteiger partial charge on any atom is 0.0709 e. The van der Waals surface area contributed by atoms with Crippen LogP contribution in [0.15, 0.2) is 24.3 Å². The van der Waals surface area contributed by atoms with Crippen LogP contribution in [-0.4, -0.2) is 20.4 Å². The molecule has 0 N–H and O–H groups in total. The first-order valence-corrected chi connectivity index (χ1v) is 8.44. The van der Waals surface area contributed by atoms with Gasteiger partial charge in [0.05, 0.1) is 11.2 Å². The molecule has 0 spiro atoms. The van der Waals surface area contributed by atoms with Crippen LogP contribution in [0.5, 0.6) is 0 Å². The number of alkyl halides is 2. The maximum atomic E-state index is 4.76. The summed E-state index contributed by atoms with van der Waals surface area (Å²) in [5, 5.41) is 7.99. The van der Waals surface area contributed by atoms with Crippen LogP contribution in [0, 0.1) is 5.41 Å². The van der Waals surface area contributed by atoms with Gasteiger partial charge in [-0.25, -0.2) is 0 Å². The van der Waals surface area contributed by atoms with E-state index in [0.717, 1.165) is 23.6 Å². The van der Waals surface area contributed by atoms with Crippen molar-refractivity contribution in [2.45, 2.75) is 26.8 Å². The lowest BCUT2D eigenvalue weighted by Crippen LogP contribution is -2.23. The molecule has 0 bridgehead atoms. The topological polar surface area (TPSA) is 17.8 Å². The number of benzene rings is 1. The van der Waals surface area contributed by atoms with Crippen molar-refractivity contribution in [3.8, 4) is 0 Å². The van der Waals surface area contributed by atoms with Crippen LogP contribution in [0.2, 0.25) is 0 Å². The van der Waals surface area contributed by atoms with E-state index in [1.54, 1.807) is 0 Å². The highest BCUT2D eigenvalue weighted by Gasteiger charge is 2.25. The van der Waals surface area contributed by atoms with E-state index < -0.39 is 0 Å². The van der Waals surface area contributed by atoms with E-state index in [1.807, 2.05) is 0 Å². The van der Waals surface area contributed by atoms with Gasteiger partial charge in [-0.1, -0.05) is 57.0 Å². The molecule has 1 aromatic carbocycles. The van der Waals surface area contributed by atoms with Crippen LogP contribution in [0.25, 0.3) is 10.9 Å². The lowest BCUT2D eigenvalue weighted by atomic mass is 9.89. The van der Waals surface area contributed by atoms with Crippen molar-refractivity contribution in [2.75, 3.05) is 10.7 Å². The zero-order valence-electron chi connectivity index (χ0n) is 10.8. The van der Waals surface area contributed by atoms with Gasteiger partial charge in [-0.3, -0.25) is 4.68 Å². The minimum Gasteiger partial charge on any atom is -0.265 e. The van der Waals surface area contributed by atoms with Crippen LogP contribution in [0.3, 0.4) is 0 Å². The van der Waals surface area contributed by atoms with Gasteiger partial charge in [-0.05, 0) is 24.8 Å². The molecule has 0 unspecified atom stereocenters. The Kier molecular flexibility index (Phi) is 4.49. The fraction of sp³-hybridized carbons (Fsp3) is 0.500. The van der Waals surface area contributed by atoms with Gasteiger partial charge in [-0.15, -0.1) is 0 Å². The van der Waals surface area contributed by atoms with Crippen molar-refractivity contribution in [3.05, 3.63) is 30.0 Å². The van der Waals surface area contributed by atoms with Crippen molar-refractivity contribution in [3.63, 3.8) is 0 Å². The van der Waals surface area contributed by atoms with E-state index in [-0.39, 0.29) is 5.41 Å².